The second-order valence-electron chi connectivity index (χ2n) is 6.79. The molecule has 0 aromatic heterocycles. The molecule has 0 unspecified atom stereocenters. The molecule has 0 fully saturated rings. The highest BCUT2D eigenvalue weighted by Gasteiger charge is 2.24. The third-order valence-electron chi connectivity index (χ3n) is 5.11. The average molecular weight is 390 g/mol. The molecule has 2 aromatic rings. The zero-order valence-corrected chi connectivity index (χ0v) is 16.8. The van der Waals surface area contributed by atoms with Crippen molar-refractivity contribution in [2.45, 2.75) is 25.9 Å². The van der Waals surface area contributed by atoms with Crippen molar-refractivity contribution in [3.05, 3.63) is 58.1 Å². The summed E-state index contributed by atoms with van der Waals surface area (Å²) in [5.74, 6) is 1.57. The lowest BCUT2D eigenvalue weighted by Gasteiger charge is -2.29. The minimum absolute atomic E-state index is 0.129. The lowest BCUT2D eigenvalue weighted by molar-refractivity contribution is -0.683. The fourth-order valence-corrected chi connectivity index (χ4v) is 3.78. The largest absolute Gasteiger partial charge is 0.493 e. The number of rotatable bonds is 6. The number of hydrogen-bond acceptors (Lipinski definition) is 3. The van der Waals surface area contributed by atoms with Crippen LogP contribution in [0.25, 0.3) is 0 Å². The number of hydrogen-bond donors (Lipinski definition) is 1. The molecule has 0 spiro atoms. The number of methoxy groups -OCH3 is 2. The van der Waals surface area contributed by atoms with E-state index in [1.54, 1.807) is 14.2 Å². The number of quaternary nitrogens is 1. The zero-order chi connectivity index (χ0) is 19.4. The molecule has 144 valence electrons. The molecule has 1 heterocycles. The summed E-state index contributed by atoms with van der Waals surface area (Å²) in [5, 5.41) is 2.77. The molecule has 1 atom stereocenters. The number of fused-ring (bicyclic) bond motifs is 1. The Bertz CT molecular complexity index is 825. The number of halogens is 1. The zero-order valence-electron chi connectivity index (χ0n) is 16.0. The smallest absolute Gasteiger partial charge is 0.278 e. The van der Waals surface area contributed by atoms with Crippen LogP contribution in [0, 0.1) is 0 Å². The van der Waals surface area contributed by atoms with E-state index in [1.807, 2.05) is 46.6 Å². The maximum atomic E-state index is 12.7. The third-order valence-corrected chi connectivity index (χ3v) is 5.46. The van der Waals surface area contributed by atoms with E-state index in [9.17, 15) is 4.79 Å². The first-order valence-corrected chi connectivity index (χ1v) is 9.50. The predicted molar refractivity (Wildman–Crippen MR) is 105 cm³/mol. The molecule has 5 nitrogen and oxygen atoms in total. The normalized spacial score (nSPS) is 14.4. The van der Waals surface area contributed by atoms with Gasteiger partial charge in [-0.05, 0) is 42.7 Å². The highest BCUT2D eigenvalue weighted by atomic mass is 35.5. The molecule has 0 aliphatic carbocycles. The van der Waals surface area contributed by atoms with Crippen molar-refractivity contribution in [2.75, 3.05) is 27.3 Å². The van der Waals surface area contributed by atoms with Crippen LogP contribution in [-0.2, 0) is 17.8 Å². The number of carbonyl (C=O) groups is 1. The van der Waals surface area contributed by atoms with Gasteiger partial charge in [-0.1, -0.05) is 29.8 Å². The van der Waals surface area contributed by atoms with Crippen LogP contribution >= 0.6 is 11.6 Å². The molecule has 27 heavy (non-hydrogen) atoms. The summed E-state index contributed by atoms with van der Waals surface area (Å²) in [6.07, 6.45) is 0.821. The van der Waals surface area contributed by atoms with Gasteiger partial charge in [-0.15, -0.1) is 0 Å². The summed E-state index contributed by atoms with van der Waals surface area (Å²) in [6.45, 7) is 3.78. The molecule has 3 rings (SSSR count). The second kappa shape index (κ2) is 8.63. The minimum Gasteiger partial charge on any atom is -0.493 e. The molecule has 1 amide bonds. The maximum absolute atomic E-state index is 12.7. The van der Waals surface area contributed by atoms with Crippen molar-refractivity contribution in [1.82, 2.24) is 4.90 Å². The van der Waals surface area contributed by atoms with Crippen molar-refractivity contribution in [3.8, 4) is 11.5 Å². The van der Waals surface area contributed by atoms with Gasteiger partial charge in [0.25, 0.3) is 5.91 Å². The van der Waals surface area contributed by atoms with Crippen LogP contribution in [0.1, 0.15) is 29.7 Å². The van der Waals surface area contributed by atoms with Crippen LogP contribution in [0.3, 0.4) is 0 Å². The Hall–Kier alpha value is -2.24. The van der Waals surface area contributed by atoms with Gasteiger partial charge in [-0.3, -0.25) is 4.79 Å². The first-order chi connectivity index (χ1) is 13.0. The minimum atomic E-state index is 0.129. The van der Waals surface area contributed by atoms with Crippen LogP contribution in [0.2, 0.25) is 5.02 Å². The topological polar surface area (TPSA) is 55.4 Å². The van der Waals surface area contributed by atoms with E-state index < -0.39 is 0 Å². The van der Waals surface area contributed by atoms with Gasteiger partial charge in [0.1, 0.15) is 6.04 Å². The molecule has 0 saturated heterocycles. The van der Waals surface area contributed by atoms with E-state index in [0.717, 1.165) is 34.9 Å². The predicted octanol–water partition coefficient (Wildman–Crippen LogP) is 2.57. The van der Waals surface area contributed by atoms with Crippen molar-refractivity contribution in [2.24, 2.45) is 0 Å². The summed E-state index contributed by atoms with van der Waals surface area (Å²) >= 11 is 6.26. The van der Waals surface area contributed by atoms with Crippen LogP contribution in [0.5, 0.6) is 11.5 Å². The molecule has 0 radical (unpaired) electrons. The van der Waals surface area contributed by atoms with Gasteiger partial charge < -0.3 is 19.7 Å². The highest BCUT2D eigenvalue weighted by molar-refractivity contribution is 6.31. The quantitative estimate of drug-likeness (QED) is 0.826. The molecule has 0 bridgehead atoms. The number of ether oxygens (including phenoxy) is 2. The number of carbonyl (C=O) groups excluding carboxylic acids is 1. The molecular weight excluding hydrogens is 364 g/mol. The van der Waals surface area contributed by atoms with Crippen molar-refractivity contribution in [1.29, 1.82) is 0 Å². The Labute approximate surface area is 165 Å². The fourth-order valence-electron chi connectivity index (χ4n) is 3.47. The van der Waals surface area contributed by atoms with Crippen LogP contribution in [0.15, 0.2) is 36.4 Å². The lowest BCUT2D eigenvalue weighted by Crippen LogP contribution is -2.87. The number of benzene rings is 2. The fraction of sp³-hybridized carbons (Fsp3) is 0.381. The van der Waals surface area contributed by atoms with Gasteiger partial charge in [0.15, 0.2) is 18.0 Å². The van der Waals surface area contributed by atoms with Gasteiger partial charge in [0.2, 0.25) is 0 Å². The Kier molecular flexibility index (Phi) is 6.24. The maximum Gasteiger partial charge on any atom is 0.278 e. The van der Waals surface area contributed by atoms with E-state index >= 15 is 0 Å². The summed E-state index contributed by atoms with van der Waals surface area (Å²) in [6, 6.07) is 11.9. The molecule has 1 aliphatic heterocycles. The number of nitrogens with two attached hydrogens (primary N) is 1. The van der Waals surface area contributed by atoms with Gasteiger partial charge in [-0.25, -0.2) is 0 Å². The van der Waals surface area contributed by atoms with Crippen LogP contribution in [-0.4, -0.2) is 38.1 Å². The first-order valence-electron chi connectivity index (χ1n) is 9.12. The molecular formula is C21H26ClN2O3+. The number of amides is 1. The van der Waals surface area contributed by atoms with Crippen LogP contribution in [0.4, 0.5) is 0 Å². The van der Waals surface area contributed by atoms with E-state index in [1.165, 1.54) is 5.56 Å². The molecule has 2 N–H and O–H groups in total. The van der Waals surface area contributed by atoms with Gasteiger partial charge in [-0.2, -0.15) is 0 Å². The molecule has 2 aromatic carbocycles. The molecule has 6 heteroatoms. The van der Waals surface area contributed by atoms with Crippen molar-refractivity contribution < 1.29 is 19.6 Å². The summed E-state index contributed by atoms with van der Waals surface area (Å²) in [7, 11) is 3.26. The Balaban J connectivity index is 1.63. The summed E-state index contributed by atoms with van der Waals surface area (Å²) in [5.41, 5.74) is 3.38. The Morgan fingerprint density at radius 3 is 2.52 bits per heavy atom. The van der Waals surface area contributed by atoms with Crippen molar-refractivity contribution in [3.63, 3.8) is 0 Å². The Morgan fingerprint density at radius 1 is 1.19 bits per heavy atom. The highest BCUT2D eigenvalue weighted by Crippen LogP contribution is 2.33. The van der Waals surface area contributed by atoms with E-state index in [2.05, 4.69) is 6.92 Å². The first kappa shape index (κ1) is 19.5. The van der Waals surface area contributed by atoms with Crippen LogP contribution < -0.4 is 14.8 Å². The summed E-state index contributed by atoms with van der Waals surface area (Å²) in [4.78, 5) is 14.6. The Morgan fingerprint density at radius 2 is 1.85 bits per heavy atom. The summed E-state index contributed by atoms with van der Waals surface area (Å²) < 4.78 is 10.8. The van der Waals surface area contributed by atoms with Crippen molar-refractivity contribution >= 4 is 17.5 Å². The number of nitrogens with zero attached hydrogens (tertiary/aromatic N) is 1. The standard InChI is InChI=1S/C21H25ClN2O3/c1-14(17-6-4-5-7-18(17)22)23-12-21(25)24-9-8-15-10-19(26-2)20(27-3)11-16(15)13-24/h4-7,10-11,14,23H,8-9,12-13H2,1-3H3/p+1/t14-/m1/s1. The van der Waals surface area contributed by atoms with Gasteiger partial charge >= 0.3 is 0 Å². The SMILES string of the molecule is COc1cc2c(cc1OC)CN(C(=O)C[NH2+][C@H](C)c1ccccc1Cl)CC2. The van der Waals surface area contributed by atoms with E-state index in [-0.39, 0.29) is 11.9 Å². The van der Waals surface area contributed by atoms with Gasteiger partial charge in [0, 0.05) is 23.7 Å². The molecule has 0 saturated carbocycles. The van der Waals surface area contributed by atoms with E-state index in [4.69, 9.17) is 21.1 Å². The van der Waals surface area contributed by atoms with Gasteiger partial charge in [0.05, 0.1) is 14.2 Å². The second-order valence-corrected chi connectivity index (χ2v) is 7.20. The molecule has 1 aliphatic rings. The van der Waals surface area contributed by atoms with E-state index in [0.29, 0.717) is 18.8 Å². The monoisotopic (exact) mass is 389 g/mol. The lowest BCUT2D eigenvalue weighted by atomic mass is 9.98. The third kappa shape index (κ3) is 4.37. The average Bonchev–Trinajstić information content (AvgIpc) is 2.70.